The highest BCUT2D eigenvalue weighted by atomic mass is 35.5. The number of rotatable bonds is 5. The van der Waals surface area contributed by atoms with E-state index in [2.05, 4.69) is 0 Å². The molecule has 0 aliphatic carbocycles. The molecule has 102 valence electrons. The van der Waals surface area contributed by atoms with E-state index in [0.717, 1.165) is 12.1 Å². The van der Waals surface area contributed by atoms with Crippen LogP contribution in [-0.4, -0.2) is 23.5 Å². The Morgan fingerprint density at radius 1 is 1.33 bits per heavy atom. The third-order valence-electron chi connectivity index (χ3n) is 2.97. The van der Waals surface area contributed by atoms with Crippen molar-refractivity contribution in [1.29, 1.82) is 0 Å². The van der Waals surface area contributed by atoms with Gasteiger partial charge in [-0.15, -0.1) is 0 Å². The highest BCUT2D eigenvalue weighted by Crippen LogP contribution is 2.40. The summed E-state index contributed by atoms with van der Waals surface area (Å²) in [6.07, 6.45) is -1.33. The standard InChI is InChI=1S/C12H16ClFO3S/c1-3-12(13,18(16,17)4-2)11(15)9-5-7-10(14)8-6-9/h5-8,11,15H,3-4H2,1-2H3/t11-,12+/m1/s1. The maximum atomic E-state index is 12.8. The number of sulfone groups is 1. The molecule has 1 rings (SSSR count). The average Bonchev–Trinajstić information content (AvgIpc) is 2.37. The molecule has 0 aliphatic heterocycles. The molecule has 3 nitrogen and oxygen atoms in total. The second-order valence-electron chi connectivity index (χ2n) is 4.00. The number of aliphatic hydroxyl groups excluding tert-OH is 1. The third kappa shape index (κ3) is 2.68. The van der Waals surface area contributed by atoms with Gasteiger partial charge in [0, 0.05) is 5.75 Å². The Kier molecular flexibility index (Phi) is 4.75. The second kappa shape index (κ2) is 5.55. The average molecular weight is 295 g/mol. The van der Waals surface area contributed by atoms with Crippen molar-refractivity contribution < 1.29 is 17.9 Å². The molecule has 18 heavy (non-hydrogen) atoms. The molecule has 0 heterocycles. The van der Waals surface area contributed by atoms with E-state index in [9.17, 15) is 17.9 Å². The van der Waals surface area contributed by atoms with Crippen LogP contribution in [0.15, 0.2) is 24.3 Å². The van der Waals surface area contributed by atoms with Crippen molar-refractivity contribution in [3.05, 3.63) is 35.6 Å². The van der Waals surface area contributed by atoms with Crippen LogP contribution in [0, 0.1) is 5.82 Å². The molecule has 0 aliphatic rings. The minimum atomic E-state index is -3.65. The fraction of sp³-hybridized carbons (Fsp3) is 0.500. The molecule has 6 heteroatoms. The van der Waals surface area contributed by atoms with Gasteiger partial charge in [0.15, 0.2) is 14.0 Å². The van der Waals surface area contributed by atoms with Crippen molar-refractivity contribution in [2.75, 3.05) is 5.75 Å². The smallest absolute Gasteiger partial charge is 0.175 e. The molecule has 0 aromatic heterocycles. The van der Waals surface area contributed by atoms with Crippen LogP contribution in [0.4, 0.5) is 4.39 Å². The van der Waals surface area contributed by atoms with E-state index < -0.39 is 26.0 Å². The zero-order chi connectivity index (χ0) is 14.0. The molecule has 1 aromatic carbocycles. The van der Waals surface area contributed by atoms with Crippen molar-refractivity contribution in [1.82, 2.24) is 0 Å². The monoisotopic (exact) mass is 294 g/mol. The normalized spacial score (nSPS) is 17.2. The fourth-order valence-corrected chi connectivity index (χ4v) is 3.57. The van der Waals surface area contributed by atoms with Crippen molar-refractivity contribution in [3.8, 4) is 0 Å². The van der Waals surface area contributed by atoms with Crippen LogP contribution in [0.5, 0.6) is 0 Å². The van der Waals surface area contributed by atoms with Gasteiger partial charge in [-0.05, 0) is 24.1 Å². The van der Waals surface area contributed by atoms with E-state index in [-0.39, 0.29) is 17.7 Å². The van der Waals surface area contributed by atoms with E-state index >= 15 is 0 Å². The SMILES string of the molecule is CC[C@@](Cl)([C@H](O)c1ccc(F)cc1)S(=O)(=O)CC. The zero-order valence-electron chi connectivity index (χ0n) is 10.2. The first kappa shape index (κ1) is 15.4. The molecular formula is C12H16ClFO3S. The molecule has 0 saturated carbocycles. The number of halogens is 2. The van der Waals surface area contributed by atoms with Crippen LogP contribution in [0.25, 0.3) is 0 Å². The minimum absolute atomic E-state index is 0.0588. The summed E-state index contributed by atoms with van der Waals surface area (Å²) in [6.45, 7) is 3.06. The Balaban J connectivity index is 3.21. The molecule has 0 saturated heterocycles. The summed E-state index contributed by atoms with van der Waals surface area (Å²) in [5, 5.41) is 10.2. The summed E-state index contributed by atoms with van der Waals surface area (Å²) in [4.78, 5) is 0. The van der Waals surface area contributed by atoms with Gasteiger partial charge in [-0.3, -0.25) is 0 Å². The highest BCUT2D eigenvalue weighted by Gasteiger charge is 2.46. The lowest BCUT2D eigenvalue weighted by atomic mass is 10.0. The Bertz CT molecular complexity index is 501. The van der Waals surface area contributed by atoms with Crippen LogP contribution >= 0.6 is 11.6 Å². The molecule has 0 amide bonds. The number of hydrogen-bond acceptors (Lipinski definition) is 3. The minimum Gasteiger partial charge on any atom is -0.385 e. The Hall–Kier alpha value is -0.650. The second-order valence-corrected chi connectivity index (χ2v) is 7.43. The molecule has 0 fully saturated rings. The van der Waals surface area contributed by atoms with Crippen LogP contribution < -0.4 is 0 Å². The molecular weight excluding hydrogens is 279 g/mol. The quantitative estimate of drug-likeness (QED) is 0.850. The van der Waals surface area contributed by atoms with Gasteiger partial charge in [0.2, 0.25) is 0 Å². The molecule has 0 spiro atoms. The van der Waals surface area contributed by atoms with E-state index in [4.69, 9.17) is 11.6 Å². The van der Waals surface area contributed by atoms with Gasteiger partial charge in [-0.25, -0.2) is 12.8 Å². The maximum Gasteiger partial charge on any atom is 0.175 e. The summed E-state index contributed by atoms with van der Waals surface area (Å²) in [5.41, 5.74) is 0.283. The van der Waals surface area contributed by atoms with Crippen LogP contribution in [-0.2, 0) is 9.84 Å². The molecule has 1 aromatic rings. The van der Waals surface area contributed by atoms with Gasteiger partial charge in [0.05, 0.1) is 0 Å². The number of hydrogen-bond donors (Lipinski definition) is 1. The van der Waals surface area contributed by atoms with Crippen molar-refractivity contribution in [3.63, 3.8) is 0 Å². The summed E-state index contributed by atoms with van der Waals surface area (Å²) < 4.78 is 35.0. The van der Waals surface area contributed by atoms with Gasteiger partial charge in [0.25, 0.3) is 0 Å². The number of benzene rings is 1. The van der Waals surface area contributed by atoms with Gasteiger partial charge in [-0.1, -0.05) is 37.6 Å². The molecule has 0 radical (unpaired) electrons. The predicted molar refractivity (Wildman–Crippen MR) is 69.7 cm³/mol. The van der Waals surface area contributed by atoms with E-state index in [1.165, 1.54) is 19.1 Å². The van der Waals surface area contributed by atoms with Crippen molar-refractivity contribution in [2.24, 2.45) is 0 Å². The first-order chi connectivity index (χ1) is 8.28. The summed E-state index contributed by atoms with van der Waals surface area (Å²) in [5.74, 6) is -0.622. The van der Waals surface area contributed by atoms with Crippen molar-refractivity contribution in [2.45, 2.75) is 30.6 Å². The first-order valence-electron chi connectivity index (χ1n) is 5.63. The maximum absolute atomic E-state index is 12.8. The fourth-order valence-electron chi connectivity index (χ4n) is 1.72. The van der Waals surface area contributed by atoms with Gasteiger partial charge in [0.1, 0.15) is 11.9 Å². The van der Waals surface area contributed by atoms with Crippen LogP contribution in [0.3, 0.4) is 0 Å². The Morgan fingerprint density at radius 2 is 1.83 bits per heavy atom. The predicted octanol–water partition coefficient (Wildman–Crippen LogP) is 2.64. The molecule has 0 unspecified atom stereocenters. The lowest BCUT2D eigenvalue weighted by Gasteiger charge is -2.30. The molecule has 2 atom stereocenters. The lowest BCUT2D eigenvalue weighted by molar-refractivity contribution is 0.154. The van der Waals surface area contributed by atoms with Crippen molar-refractivity contribution >= 4 is 21.4 Å². The van der Waals surface area contributed by atoms with Crippen LogP contribution in [0.1, 0.15) is 31.9 Å². The summed E-state index contributed by atoms with van der Waals surface area (Å²) >= 11 is 6.11. The van der Waals surface area contributed by atoms with E-state index in [1.54, 1.807) is 6.92 Å². The zero-order valence-corrected chi connectivity index (χ0v) is 11.8. The lowest BCUT2D eigenvalue weighted by Crippen LogP contribution is -2.39. The van der Waals surface area contributed by atoms with Gasteiger partial charge < -0.3 is 5.11 Å². The Morgan fingerprint density at radius 3 is 2.22 bits per heavy atom. The number of aliphatic hydroxyl groups is 1. The highest BCUT2D eigenvalue weighted by molar-refractivity contribution is 7.94. The largest absolute Gasteiger partial charge is 0.385 e. The van der Waals surface area contributed by atoms with E-state index in [0.29, 0.717) is 0 Å². The number of alkyl halides is 1. The molecule has 1 N–H and O–H groups in total. The third-order valence-corrected chi connectivity index (χ3v) is 6.46. The van der Waals surface area contributed by atoms with Crippen LogP contribution in [0.2, 0.25) is 0 Å². The first-order valence-corrected chi connectivity index (χ1v) is 7.66. The van der Waals surface area contributed by atoms with Gasteiger partial charge >= 0.3 is 0 Å². The van der Waals surface area contributed by atoms with E-state index in [1.807, 2.05) is 0 Å². The summed E-state index contributed by atoms with van der Waals surface area (Å²) in [7, 11) is -3.65. The summed E-state index contributed by atoms with van der Waals surface area (Å²) in [6, 6.07) is 4.98. The Labute approximate surface area is 112 Å². The topological polar surface area (TPSA) is 54.4 Å². The van der Waals surface area contributed by atoms with Gasteiger partial charge in [-0.2, -0.15) is 0 Å². The molecule has 0 bridgehead atoms.